The first-order chi connectivity index (χ1) is 14.2. The van der Waals surface area contributed by atoms with E-state index in [0.29, 0.717) is 24.7 Å². The predicted octanol–water partition coefficient (Wildman–Crippen LogP) is 2.81. The van der Waals surface area contributed by atoms with Gasteiger partial charge in [0.05, 0.1) is 5.69 Å². The highest BCUT2D eigenvalue weighted by atomic mass is 16.2. The zero-order valence-corrected chi connectivity index (χ0v) is 16.5. The van der Waals surface area contributed by atoms with Crippen molar-refractivity contribution in [2.24, 2.45) is 0 Å². The smallest absolute Gasteiger partial charge is 0.274 e. The molecule has 0 N–H and O–H groups in total. The Kier molecular flexibility index (Phi) is 4.50. The summed E-state index contributed by atoms with van der Waals surface area (Å²) < 4.78 is 1.96. The second-order valence-electron chi connectivity index (χ2n) is 7.80. The minimum Gasteiger partial charge on any atom is -0.337 e. The van der Waals surface area contributed by atoms with E-state index in [9.17, 15) is 4.79 Å². The first-order valence-electron chi connectivity index (χ1n) is 10.2. The summed E-state index contributed by atoms with van der Waals surface area (Å²) in [6.45, 7) is 4.82. The number of hydrogen-bond donors (Lipinski definition) is 0. The average molecular weight is 388 g/mol. The topological polar surface area (TPSA) is 67.2 Å². The number of piperazine rings is 1. The van der Waals surface area contributed by atoms with E-state index in [1.165, 1.54) is 18.4 Å². The fourth-order valence-electron chi connectivity index (χ4n) is 3.79. The molecule has 2 fully saturated rings. The van der Waals surface area contributed by atoms with Gasteiger partial charge in [-0.3, -0.25) is 4.79 Å². The minimum absolute atomic E-state index is 0.00592. The van der Waals surface area contributed by atoms with Crippen molar-refractivity contribution < 1.29 is 4.79 Å². The molecule has 7 nitrogen and oxygen atoms in total. The molecule has 2 aliphatic rings. The van der Waals surface area contributed by atoms with Crippen LogP contribution in [0.2, 0.25) is 0 Å². The van der Waals surface area contributed by atoms with Crippen molar-refractivity contribution in [2.75, 3.05) is 31.1 Å². The minimum atomic E-state index is 0.00592. The number of rotatable bonds is 4. The van der Waals surface area contributed by atoms with Crippen LogP contribution in [-0.4, -0.2) is 56.7 Å². The van der Waals surface area contributed by atoms with Crippen LogP contribution in [0.15, 0.2) is 48.8 Å². The number of nitrogens with zero attached hydrogens (tertiary/aromatic N) is 6. The summed E-state index contributed by atoms with van der Waals surface area (Å²) in [5.41, 5.74) is 3.92. The van der Waals surface area contributed by atoms with Crippen LogP contribution in [0.3, 0.4) is 0 Å². The molecule has 2 aromatic heterocycles. The van der Waals surface area contributed by atoms with E-state index in [2.05, 4.69) is 46.1 Å². The molecule has 1 saturated heterocycles. The molecular weight excluding hydrogens is 364 g/mol. The summed E-state index contributed by atoms with van der Waals surface area (Å²) >= 11 is 0. The molecule has 3 aromatic rings. The number of anilines is 1. The Balaban J connectivity index is 1.34. The van der Waals surface area contributed by atoms with Gasteiger partial charge in [0.2, 0.25) is 5.95 Å². The molecule has 1 aliphatic carbocycles. The van der Waals surface area contributed by atoms with Gasteiger partial charge >= 0.3 is 0 Å². The van der Waals surface area contributed by atoms with Gasteiger partial charge in [0.1, 0.15) is 0 Å². The van der Waals surface area contributed by atoms with E-state index in [0.717, 1.165) is 30.4 Å². The highest BCUT2D eigenvalue weighted by Crippen LogP contribution is 2.41. The molecule has 7 heteroatoms. The Morgan fingerprint density at radius 1 is 1.00 bits per heavy atom. The fraction of sp³-hybridized carbons (Fsp3) is 0.364. The summed E-state index contributed by atoms with van der Waals surface area (Å²) in [7, 11) is 0. The molecule has 3 heterocycles. The van der Waals surface area contributed by atoms with Crippen molar-refractivity contribution in [3.63, 3.8) is 0 Å². The van der Waals surface area contributed by atoms with Gasteiger partial charge < -0.3 is 9.80 Å². The highest BCUT2D eigenvalue weighted by molar-refractivity contribution is 5.92. The molecule has 0 spiro atoms. The molecule has 148 valence electrons. The van der Waals surface area contributed by atoms with Crippen molar-refractivity contribution in [1.29, 1.82) is 0 Å². The number of hydrogen-bond acceptors (Lipinski definition) is 5. The zero-order chi connectivity index (χ0) is 19.8. The molecule has 0 atom stereocenters. The third kappa shape index (κ3) is 3.60. The van der Waals surface area contributed by atoms with Gasteiger partial charge in [-0.05, 0) is 44.0 Å². The van der Waals surface area contributed by atoms with Gasteiger partial charge in [0.25, 0.3) is 5.91 Å². The third-order valence-corrected chi connectivity index (χ3v) is 5.63. The predicted molar refractivity (Wildman–Crippen MR) is 110 cm³/mol. The normalized spacial score (nSPS) is 16.9. The van der Waals surface area contributed by atoms with Crippen molar-refractivity contribution in [3.8, 4) is 5.69 Å². The quantitative estimate of drug-likeness (QED) is 0.688. The molecule has 1 aliphatic heterocycles. The van der Waals surface area contributed by atoms with Gasteiger partial charge in [0, 0.05) is 50.2 Å². The van der Waals surface area contributed by atoms with Crippen LogP contribution >= 0.6 is 0 Å². The van der Waals surface area contributed by atoms with Crippen LogP contribution in [0, 0.1) is 6.92 Å². The summed E-state index contributed by atoms with van der Waals surface area (Å²) in [5.74, 6) is 1.24. The van der Waals surface area contributed by atoms with Crippen molar-refractivity contribution in [1.82, 2.24) is 24.6 Å². The van der Waals surface area contributed by atoms with Gasteiger partial charge in [-0.2, -0.15) is 5.10 Å². The lowest BCUT2D eigenvalue weighted by molar-refractivity contribution is 0.0740. The average Bonchev–Trinajstić information content (AvgIpc) is 3.53. The fourth-order valence-corrected chi connectivity index (χ4v) is 3.79. The second kappa shape index (κ2) is 7.31. The maximum Gasteiger partial charge on any atom is 0.274 e. The standard InChI is InChI=1S/C22H24N6O/c1-16-3-7-18(8-4-16)28-20(17-5-6-17)15-19(25-28)21(29)26-11-13-27(14-12-26)22-23-9-2-10-24-22/h2-4,7-10,15,17H,5-6,11-14H2,1H3. The van der Waals surface area contributed by atoms with Crippen LogP contribution < -0.4 is 4.90 Å². The number of aryl methyl sites for hydroxylation is 1. The zero-order valence-electron chi connectivity index (χ0n) is 16.5. The van der Waals surface area contributed by atoms with Crippen LogP contribution in [0.1, 0.15) is 40.5 Å². The molecule has 0 radical (unpaired) electrons. The number of carbonyl (C=O) groups is 1. The maximum absolute atomic E-state index is 13.1. The van der Waals surface area contributed by atoms with Gasteiger partial charge in [-0.15, -0.1) is 0 Å². The molecular formula is C22H24N6O. The van der Waals surface area contributed by atoms with E-state index >= 15 is 0 Å². The molecule has 29 heavy (non-hydrogen) atoms. The lowest BCUT2D eigenvalue weighted by Gasteiger charge is -2.34. The SMILES string of the molecule is Cc1ccc(-n2nc(C(=O)N3CCN(c4ncccn4)CC3)cc2C2CC2)cc1. The second-order valence-corrected chi connectivity index (χ2v) is 7.80. The number of benzene rings is 1. The Hall–Kier alpha value is -3.22. The van der Waals surface area contributed by atoms with E-state index in [1.54, 1.807) is 12.4 Å². The van der Waals surface area contributed by atoms with E-state index in [-0.39, 0.29) is 5.91 Å². The number of aromatic nitrogens is 4. The van der Waals surface area contributed by atoms with E-state index in [1.807, 2.05) is 21.7 Å². The molecule has 5 rings (SSSR count). The van der Waals surface area contributed by atoms with E-state index < -0.39 is 0 Å². The van der Waals surface area contributed by atoms with Crippen LogP contribution in [0.4, 0.5) is 5.95 Å². The Bertz CT molecular complexity index is 1000. The Labute approximate surface area is 170 Å². The molecule has 0 unspecified atom stereocenters. The lowest BCUT2D eigenvalue weighted by atomic mass is 10.2. The summed E-state index contributed by atoms with van der Waals surface area (Å²) in [4.78, 5) is 25.8. The first-order valence-corrected chi connectivity index (χ1v) is 10.2. The van der Waals surface area contributed by atoms with Crippen molar-refractivity contribution in [3.05, 3.63) is 65.7 Å². The first kappa shape index (κ1) is 17.8. The number of carbonyl (C=O) groups excluding carboxylic acids is 1. The Morgan fingerprint density at radius 2 is 1.69 bits per heavy atom. The highest BCUT2D eigenvalue weighted by Gasteiger charge is 2.31. The van der Waals surface area contributed by atoms with Crippen LogP contribution in [0.25, 0.3) is 5.69 Å². The van der Waals surface area contributed by atoms with Gasteiger partial charge in [0.15, 0.2) is 5.69 Å². The van der Waals surface area contributed by atoms with Crippen molar-refractivity contribution >= 4 is 11.9 Å². The molecule has 1 aromatic carbocycles. The largest absolute Gasteiger partial charge is 0.337 e. The van der Waals surface area contributed by atoms with Gasteiger partial charge in [-0.25, -0.2) is 14.6 Å². The third-order valence-electron chi connectivity index (χ3n) is 5.63. The molecule has 1 saturated carbocycles. The monoisotopic (exact) mass is 388 g/mol. The molecule has 0 bridgehead atoms. The van der Waals surface area contributed by atoms with Gasteiger partial charge in [-0.1, -0.05) is 17.7 Å². The maximum atomic E-state index is 13.1. The van der Waals surface area contributed by atoms with E-state index in [4.69, 9.17) is 5.10 Å². The Morgan fingerprint density at radius 3 is 2.34 bits per heavy atom. The van der Waals surface area contributed by atoms with Crippen LogP contribution in [-0.2, 0) is 0 Å². The summed E-state index contributed by atoms with van der Waals surface area (Å²) in [6, 6.07) is 12.1. The molecule has 1 amide bonds. The summed E-state index contributed by atoms with van der Waals surface area (Å²) in [6.07, 6.45) is 5.83. The van der Waals surface area contributed by atoms with Crippen molar-refractivity contribution in [2.45, 2.75) is 25.7 Å². The van der Waals surface area contributed by atoms with Crippen LogP contribution in [0.5, 0.6) is 0 Å². The number of amides is 1. The lowest BCUT2D eigenvalue weighted by Crippen LogP contribution is -2.49. The summed E-state index contributed by atoms with van der Waals surface area (Å²) in [5, 5.41) is 4.71.